The van der Waals surface area contributed by atoms with Gasteiger partial charge in [0, 0.05) is 6.54 Å². The summed E-state index contributed by atoms with van der Waals surface area (Å²) >= 11 is 0. The smallest absolute Gasteiger partial charge is 0.264 e. The normalized spacial score (nSPS) is 14.6. The summed E-state index contributed by atoms with van der Waals surface area (Å²) in [5, 5.41) is 2.88. The first-order valence-corrected chi connectivity index (χ1v) is 12.1. The highest BCUT2D eigenvalue weighted by atomic mass is 32.2. The van der Waals surface area contributed by atoms with Crippen LogP contribution in [0, 0.1) is 0 Å². The Labute approximate surface area is 179 Å². The third kappa shape index (κ3) is 5.83. The summed E-state index contributed by atoms with van der Waals surface area (Å²) in [5.74, 6) is -0.296. The monoisotopic (exact) mass is 429 g/mol. The first-order valence-electron chi connectivity index (χ1n) is 10.7. The second-order valence-electron chi connectivity index (χ2n) is 7.60. The average Bonchev–Trinajstić information content (AvgIpc) is 3.29. The van der Waals surface area contributed by atoms with Gasteiger partial charge in [-0.15, -0.1) is 0 Å². The van der Waals surface area contributed by atoms with Gasteiger partial charge in [-0.2, -0.15) is 0 Å². The first-order chi connectivity index (χ1) is 14.5. The third-order valence-electron chi connectivity index (χ3n) is 5.42. The van der Waals surface area contributed by atoms with Gasteiger partial charge < -0.3 is 10.2 Å². The number of rotatable bonds is 10. The van der Waals surface area contributed by atoms with E-state index in [0.29, 0.717) is 12.2 Å². The topological polar surface area (TPSA) is 69.7 Å². The standard InChI is InChI=1S/C23H31N3O3S/c1-2-20-11-13-21(14-12-20)26(30(28,29)22-9-4-3-5-10-22)19-23(27)24-15-8-18-25-16-6-7-17-25/h3-5,9-14H,2,6-8,15-19H2,1H3,(H,24,27). The summed E-state index contributed by atoms with van der Waals surface area (Å²) in [7, 11) is -3.85. The number of amides is 1. The molecule has 1 heterocycles. The van der Waals surface area contributed by atoms with Crippen LogP contribution in [0.1, 0.15) is 31.7 Å². The fourth-order valence-corrected chi connectivity index (χ4v) is 5.10. The minimum absolute atomic E-state index is 0.173. The molecule has 3 rings (SSSR count). The fourth-order valence-electron chi connectivity index (χ4n) is 3.66. The number of hydrogen-bond acceptors (Lipinski definition) is 4. The van der Waals surface area contributed by atoms with Crippen LogP contribution in [-0.2, 0) is 21.2 Å². The van der Waals surface area contributed by atoms with Gasteiger partial charge >= 0.3 is 0 Å². The maximum atomic E-state index is 13.3. The number of likely N-dealkylation sites (tertiary alicyclic amines) is 1. The van der Waals surface area contributed by atoms with E-state index in [4.69, 9.17) is 0 Å². The van der Waals surface area contributed by atoms with Crippen LogP contribution in [0.2, 0.25) is 0 Å². The number of carbonyl (C=O) groups excluding carboxylic acids is 1. The van der Waals surface area contributed by atoms with Crippen molar-refractivity contribution in [1.82, 2.24) is 10.2 Å². The van der Waals surface area contributed by atoms with Crippen molar-refractivity contribution in [3.8, 4) is 0 Å². The summed E-state index contributed by atoms with van der Waals surface area (Å²) in [6, 6.07) is 15.6. The van der Waals surface area contributed by atoms with Crippen LogP contribution >= 0.6 is 0 Å². The summed E-state index contributed by atoms with van der Waals surface area (Å²) in [6.45, 7) is 5.57. The molecule has 1 N–H and O–H groups in total. The van der Waals surface area contributed by atoms with E-state index in [2.05, 4.69) is 10.2 Å². The lowest BCUT2D eigenvalue weighted by Gasteiger charge is -2.24. The van der Waals surface area contributed by atoms with E-state index >= 15 is 0 Å². The Bertz CT molecular complexity index is 908. The summed E-state index contributed by atoms with van der Waals surface area (Å²) in [5.41, 5.74) is 1.60. The number of anilines is 1. The van der Waals surface area contributed by atoms with E-state index < -0.39 is 10.0 Å². The van der Waals surface area contributed by atoms with E-state index in [1.807, 2.05) is 19.1 Å². The number of nitrogens with zero attached hydrogens (tertiary/aromatic N) is 2. The highest BCUT2D eigenvalue weighted by molar-refractivity contribution is 7.92. The van der Waals surface area contributed by atoms with Crippen molar-refractivity contribution in [2.75, 3.05) is 37.0 Å². The van der Waals surface area contributed by atoms with Crippen molar-refractivity contribution in [3.63, 3.8) is 0 Å². The largest absolute Gasteiger partial charge is 0.354 e. The zero-order valence-corrected chi connectivity index (χ0v) is 18.4. The number of carbonyl (C=O) groups is 1. The maximum Gasteiger partial charge on any atom is 0.264 e. The Hall–Kier alpha value is -2.38. The van der Waals surface area contributed by atoms with Crippen LogP contribution in [0.15, 0.2) is 59.5 Å². The van der Waals surface area contributed by atoms with Gasteiger partial charge in [-0.05, 0) is 75.1 Å². The quantitative estimate of drug-likeness (QED) is 0.590. The van der Waals surface area contributed by atoms with Gasteiger partial charge in [0.1, 0.15) is 6.54 Å². The molecule has 162 valence electrons. The van der Waals surface area contributed by atoms with Crippen molar-refractivity contribution in [1.29, 1.82) is 0 Å². The molecule has 0 aliphatic carbocycles. The first kappa shape index (κ1) is 22.3. The summed E-state index contributed by atoms with van der Waals surface area (Å²) in [4.78, 5) is 15.2. The molecule has 0 bridgehead atoms. The predicted octanol–water partition coefficient (Wildman–Crippen LogP) is 3.05. The van der Waals surface area contributed by atoms with E-state index in [1.165, 1.54) is 17.1 Å². The number of nitrogens with one attached hydrogen (secondary N) is 1. The van der Waals surface area contributed by atoms with Gasteiger partial charge in [-0.3, -0.25) is 9.10 Å². The molecule has 1 amide bonds. The molecule has 0 unspecified atom stereocenters. The highest BCUT2D eigenvalue weighted by Gasteiger charge is 2.27. The van der Waals surface area contributed by atoms with Crippen LogP contribution in [0.4, 0.5) is 5.69 Å². The van der Waals surface area contributed by atoms with Crippen molar-refractivity contribution < 1.29 is 13.2 Å². The van der Waals surface area contributed by atoms with Gasteiger partial charge in [0.05, 0.1) is 10.6 Å². The molecule has 6 nitrogen and oxygen atoms in total. The second-order valence-corrected chi connectivity index (χ2v) is 9.46. The Kier molecular flexibility index (Phi) is 7.87. The van der Waals surface area contributed by atoms with Crippen LogP contribution in [-0.4, -0.2) is 51.9 Å². The molecule has 1 aliphatic rings. The summed E-state index contributed by atoms with van der Waals surface area (Å²) < 4.78 is 27.7. The summed E-state index contributed by atoms with van der Waals surface area (Å²) in [6.07, 6.45) is 4.22. The number of aryl methyl sites for hydroxylation is 1. The molecule has 2 aromatic rings. The zero-order valence-electron chi connectivity index (χ0n) is 17.6. The Morgan fingerprint density at radius 3 is 2.33 bits per heavy atom. The minimum Gasteiger partial charge on any atom is -0.354 e. The van der Waals surface area contributed by atoms with E-state index in [0.717, 1.165) is 38.0 Å². The zero-order chi connectivity index (χ0) is 21.4. The molecule has 0 aromatic heterocycles. The molecule has 1 fully saturated rings. The second kappa shape index (κ2) is 10.6. The van der Waals surface area contributed by atoms with Gasteiger partial charge in [-0.25, -0.2) is 8.42 Å². The number of benzene rings is 2. The van der Waals surface area contributed by atoms with E-state index in [1.54, 1.807) is 42.5 Å². The van der Waals surface area contributed by atoms with Crippen molar-refractivity contribution in [2.45, 2.75) is 37.5 Å². The lowest BCUT2D eigenvalue weighted by atomic mass is 10.1. The average molecular weight is 430 g/mol. The molecular weight excluding hydrogens is 398 g/mol. The van der Waals surface area contributed by atoms with Gasteiger partial charge in [-0.1, -0.05) is 37.3 Å². The third-order valence-corrected chi connectivity index (χ3v) is 7.21. The van der Waals surface area contributed by atoms with Crippen LogP contribution in [0.5, 0.6) is 0 Å². The lowest BCUT2D eigenvalue weighted by Crippen LogP contribution is -2.41. The molecule has 30 heavy (non-hydrogen) atoms. The molecule has 1 saturated heterocycles. The van der Waals surface area contributed by atoms with Crippen LogP contribution < -0.4 is 9.62 Å². The van der Waals surface area contributed by atoms with E-state index in [-0.39, 0.29) is 17.3 Å². The Morgan fingerprint density at radius 1 is 1.03 bits per heavy atom. The molecule has 0 atom stereocenters. The predicted molar refractivity (Wildman–Crippen MR) is 120 cm³/mol. The molecular formula is C23H31N3O3S. The molecule has 7 heteroatoms. The van der Waals surface area contributed by atoms with Gasteiger partial charge in [0.25, 0.3) is 10.0 Å². The Morgan fingerprint density at radius 2 is 1.70 bits per heavy atom. The van der Waals surface area contributed by atoms with E-state index in [9.17, 15) is 13.2 Å². The molecule has 1 aliphatic heterocycles. The molecule has 0 spiro atoms. The maximum absolute atomic E-state index is 13.3. The van der Waals surface area contributed by atoms with Crippen molar-refractivity contribution in [3.05, 3.63) is 60.2 Å². The van der Waals surface area contributed by atoms with Crippen molar-refractivity contribution >= 4 is 21.6 Å². The Balaban J connectivity index is 1.69. The minimum atomic E-state index is -3.85. The number of sulfonamides is 1. The van der Waals surface area contributed by atoms with Crippen LogP contribution in [0.3, 0.4) is 0 Å². The highest BCUT2D eigenvalue weighted by Crippen LogP contribution is 2.24. The van der Waals surface area contributed by atoms with Gasteiger partial charge in [0.15, 0.2) is 0 Å². The molecule has 0 saturated carbocycles. The van der Waals surface area contributed by atoms with Gasteiger partial charge in [0.2, 0.25) is 5.91 Å². The molecule has 0 radical (unpaired) electrons. The SMILES string of the molecule is CCc1ccc(N(CC(=O)NCCCN2CCCC2)S(=O)(=O)c2ccccc2)cc1. The lowest BCUT2D eigenvalue weighted by molar-refractivity contribution is -0.119. The van der Waals surface area contributed by atoms with Crippen LogP contribution in [0.25, 0.3) is 0 Å². The van der Waals surface area contributed by atoms with Crippen molar-refractivity contribution in [2.24, 2.45) is 0 Å². The molecule has 2 aromatic carbocycles. The fraction of sp³-hybridized carbons (Fsp3) is 0.435. The number of hydrogen-bond donors (Lipinski definition) is 1.